The van der Waals surface area contributed by atoms with Gasteiger partial charge in [-0.2, -0.15) is 14.0 Å². The number of ether oxygens (including phenoxy) is 2. The molecular formula is C27H21N3O4S. The van der Waals surface area contributed by atoms with Gasteiger partial charge in [-0.05, 0) is 73.5 Å². The molecule has 0 saturated heterocycles. The molecule has 1 aromatic heterocycles. The Balaban J connectivity index is 1.63. The van der Waals surface area contributed by atoms with Gasteiger partial charge in [0.25, 0.3) is 5.79 Å². The van der Waals surface area contributed by atoms with E-state index in [1.165, 1.54) is 0 Å². The van der Waals surface area contributed by atoms with E-state index in [9.17, 15) is 9.90 Å². The fraction of sp³-hybridized carbons (Fsp3) is 0.185. The molecule has 8 heteroatoms. The zero-order valence-corrected chi connectivity index (χ0v) is 19.9. The number of hydrogen-bond donors (Lipinski definition) is 1. The Morgan fingerprint density at radius 3 is 2.46 bits per heavy atom. The van der Waals surface area contributed by atoms with Crippen LogP contribution in [0.3, 0.4) is 0 Å². The van der Waals surface area contributed by atoms with Crippen molar-refractivity contribution in [3.05, 3.63) is 94.6 Å². The minimum Gasteiger partial charge on any atom is -0.491 e. The summed E-state index contributed by atoms with van der Waals surface area (Å²) >= 11 is 1.09. The van der Waals surface area contributed by atoms with Crippen LogP contribution in [0.25, 0.3) is 16.6 Å². The van der Waals surface area contributed by atoms with Gasteiger partial charge in [0.05, 0.1) is 35.0 Å². The Kier molecular flexibility index (Phi) is 5.81. The Morgan fingerprint density at radius 2 is 1.77 bits per heavy atom. The molecule has 0 amide bonds. The maximum absolute atomic E-state index is 13.2. The molecule has 0 saturated carbocycles. The van der Waals surface area contributed by atoms with E-state index in [2.05, 4.69) is 14.8 Å². The number of aliphatic hydroxyl groups is 1. The summed E-state index contributed by atoms with van der Waals surface area (Å²) in [6, 6.07) is 21.3. The van der Waals surface area contributed by atoms with E-state index in [-0.39, 0.29) is 18.1 Å². The molecular weight excluding hydrogens is 462 g/mol. The first-order valence-electron chi connectivity index (χ1n) is 11.1. The van der Waals surface area contributed by atoms with Crippen LogP contribution in [0.2, 0.25) is 0 Å². The van der Waals surface area contributed by atoms with Gasteiger partial charge in [-0.25, -0.2) is 4.79 Å². The number of benzene rings is 3. The molecule has 1 aliphatic heterocycles. The normalized spacial score (nSPS) is 17.6. The predicted molar refractivity (Wildman–Crippen MR) is 131 cm³/mol. The maximum Gasteiger partial charge on any atom is 0.342 e. The Hall–Kier alpha value is -4.06. The van der Waals surface area contributed by atoms with Gasteiger partial charge in [-0.3, -0.25) is 0 Å². The Labute approximate surface area is 206 Å². The van der Waals surface area contributed by atoms with Crippen molar-refractivity contribution < 1.29 is 19.4 Å². The van der Waals surface area contributed by atoms with Crippen LogP contribution in [0, 0.1) is 11.3 Å². The molecule has 4 aromatic rings. The lowest BCUT2D eigenvalue weighted by atomic mass is 9.88. The molecule has 0 radical (unpaired) electrons. The first-order valence-corrected chi connectivity index (χ1v) is 11.8. The van der Waals surface area contributed by atoms with Crippen molar-refractivity contribution in [3.8, 4) is 11.8 Å². The number of rotatable bonds is 6. The molecule has 7 nitrogen and oxygen atoms in total. The second-order valence-electron chi connectivity index (χ2n) is 8.53. The van der Waals surface area contributed by atoms with Gasteiger partial charge >= 0.3 is 5.97 Å². The average molecular weight is 484 g/mol. The highest BCUT2D eigenvalue weighted by atomic mass is 32.1. The van der Waals surface area contributed by atoms with Crippen LogP contribution < -0.4 is 4.74 Å². The topological polar surface area (TPSA) is 105 Å². The molecule has 2 heterocycles. The molecule has 5 rings (SSSR count). The fourth-order valence-electron chi connectivity index (χ4n) is 4.14. The lowest BCUT2D eigenvalue weighted by molar-refractivity contribution is -0.185. The van der Waals surface area contributed by atoms with Crippen LogP contribution in [0.1, 0.15) is 36.1 Å². The van der Waals surface area contributed by atoms with Crippen LogP contribution in [0.15, 0.2) is 72.3 Å². The van der Waals surface area contributed by atoms with Gasteiger partial charge in [-0.15, -0.1) is 0 Å². The summed E-state index contributed by atoms with van der Waals surface area (Å²) in [7, 11) is 0. The summed E-state index contributed by atoms with van der Waals surface area (Å²) in [5.74, 6) is -1.94. The number of cyclic esters (lactones) is 1. The molecule has 0 spiro atoms. The molecule has 3 aromatic carbocycles. The fourth-order valence-corrected chi connectivity index (χ4v) is 4.66. The monoisotopic (exact) mass is 483 g/mol. The number of carbonyl (C=O) groups is 1. The van der Waals surface area contributed by atoms with Crippen LogP contribution >= 0.6 is 11.7 Å². The standard InChI is InChI=1S/C27H21N3O4S/c1-16(2)33-21-10-8-20(9-11-21)27(32)22(13-17-3-5-18(15-28)6-4-17)25(26(31)34-27)19-7-12-23-24(14-19)30-35-29-23/h3-12,14,16,32H,13H2,1-2H3. The van der Waals surface area contributed by atoms with Crippen molar-refractivity contribution in [1.82, 2.24) is 8.75 Å². The van der Waals surface area contributed by atoms with Crippen LogP contribution in [0.5, 0.6) is 5.75 Å². The molecule has 1 N–H and O–H groups in total. The molecule has 0 fully saturated rings. The molecule has 1 unspecified atom stereocenters. The van der Waals surface area contributed by atoms with Crippen molar-refractivity contribution in [2.75, 3.05) is 0 Å². The molecule has 1 aliphatic rings. The molecule has 0 bridgehead atoms. The molecule has 35 heavy (non-hydrogen) atoms. The van der Waals surface area contributed by atoms with Gasteiger partial charge < -0.3 is 14.6 Å². The SMILES string of the molecule is CC(C)Oc1ccc(C2(O)OC(=O)C(c3ccc4nsnc4c3)=C2Cc2ccc(C#N)cc2)cc1. The van der Waals surface area contributed by atoms with E-state index in [0.717, 1.165) is 22.8 Å². The van der Waals surface area contributed by atoms with Crippen molar-refractivity contribution in [2.24, 2.45) is 0 Å². The number of nitriles is 1. The van der Waals surface area contributed by atoms with Crippen molar-refractivity contribution in [2.45, 2.75) is 32.2 Å². The highest BCUT2D eigenvalue weighted by molar-refractivity contribution is 7.00. The van der Waals surface area contributed by atoms with Gasteiger partial charge in [0.2, 0.25) is 0 Å². The van der Waals surface area contributed by atoms with E-state index in [1.54, 1.807) is 66.7 Å². The van der Waals surface area contributed by atoms with Crippen molar-refractivity contribution >= 4 is 34.3 Å². The number of fused-ring (bicyclic) bond motifs is 1. The summed E-state index contributed by atoms with van der Waals surface area (Å²) in [5.41, 5.74) is 4.45. The largest absolute Gasteiger partial charge is 0.491 e. The zero-order valence-electron chi connectivity index (χ0n) is 19.1. The summed E-state index contributed by atoms with van der Waals surface area (Å²) in [5, 5.41) is 20.9. The summed E-state index contributed by atoms with van der Waals surface area (Å²) in [6.45, 7) is 3.86. The third-order valence-electron chi connectivity index (χ3n) is 5.78. The highest BCUT2D eigenvalue weighted by Crippen LogP contribution is 2.45. The van der Waals surface area contributed by atoms with E-state index in [1.807, 2.05) is 13.8 Å². The third kappa shape index (κ3) is 4.28. The lowest BCUT2D eigenvalue weighted by Gasteiger charge is -2.26. The second kappa shape index (κ2) is 8.95. The quantitative estimate of drug-likeness (QED) is 0.395. The Bertz CT molecular complexity index is 1480. The van der Waals surface area contributed by atoms with Crippen LogP contribution in [-0.4, -0.2) is 25.9 Å². The number of nitrogens with zero attached hydrogens (tertiary/aromatic N) is 3. The maximum atomic E-state index is 13.2. The van der Waals surface area contributed by atoms with E-state index in [4.69, 9.17) is 14.7 Å². The molecule has 174 valence electrons. The van der Waals surface area contributed by atoms with Crippen molar-refractivity contribution in [1.29, 1.82) is 5.26 Å². The number of aromatic nitrogens is 2. The van der Waals surface area contributed by atoms with Crippen LogP contribution in [0.4, 0.5) is 0 Å². The van der Waals surface area contributed by atoms with E-state index >= 15 is 0 Å². The lowest BCUT2D eigenvalue weighted by Crippen LogP contribution is -2.29. The first kappa shape index (κ1) is 22.7. The van der Waals surface area contributed by atoms with Gasteiger partial charge in [0.15, 0.2) is 0 Å². The zero-order chi connectivity index (χ0) is 24.6. The van der Waals surface area contributed by atoms with Crippen molar-refractivity contribution in [3.63, 3.8) is 0 Å². The first-order chi connectivity index (χ1) is 16.9. The summed E-state index contributed by atoms with van der Waals surface area (Å²) in [4.78, 5) is 13.2. The third-order valence-corrected chi connectivity index (χ3v) is 6.34. The number of esters is 1. The highest BCUT2D eigenvalue weighted by Gasteiger charge is 2.48. The predicted octanol–water partition coefficient (Wildman–Crippen LogP) is 4.75. The van der Waals surface area contributed by atoms with Crippen LogP contribution in [-0.2, 0) is 21.7 Å². The van der Waals surface area contributed by atoms with Gasteiger partial charge in [0, 0.05) is 17.6 Å². The molecule has 1 atom stereocenters. The molecule has 0 aliphatic carbocycles. The Morgan fingerprint density at radius 1 is 1.06 bits per heavy atom. The second-order valence-corrected chi connectivity index (χ2v) is 9.06. The number of carbonyl (C=O) groups excluding carboxylic acids is 1. The smallest absolute Gasteiger partial charge is 0.342 e. The van der Waals surface area contributed by atoms with Gasteiger partial charge in [0.1, 0.15) is 16.8 Å². The summed E-state index contributed by atoms with van der Waals surface area (Å²) in [6.07, 6.45) is 0.239. The van der Waals surface area contributed by atoms with E-state index in [0.29, 0.717) is 33.5 Å². The summed E-state index contributed by atoms with van der Waals surface area (Å²) < 4.78 is 19.9. The number of hydrogen-bond acceptors (Lipinski definition) is 8. The van der Waals surface area contributed by atoms with E-state index < -0.39 is 11.8 Å². The minimum atomic E-state index is -1.97. The minimum absolute atomic E-state index is 0.00167. The average Bonchev–Trinajstić information content (AvgIpc) is 3.41. The van der Waals surface area contributed by atoms with Gasteiger partial charge in [-0.1, -0.05) is 18.2 Å².